The van der Waals surface area contributed by atoms with Crippen molar-refractivity contribution in [3.05, 3.63) is 41.2 Å². The van der Waals surface area contributed by atoms with Crippen LogP contribution in [0.3, 0.4) is 0 Å². The lowest BCUT2D eigenvalue weighted by molar-refractivity contribution is -0.113. The zero-order chi connectivity index (χ0) is 11.4. The van der Waals surface area contributed by atoms with Gasteiger partial charge in [-0.05, 0) is 31.5 Å². The highest BCUT2D eigenvalue weighted by Gasteiger charge is 2.08. The van der Waals surface area contributed by atoms with E-state index in [9.17, 15) is 9.90 Å². The average Bonchev–Trinajstić information content (AvgIpc) is 2.15. The molecule has 0 bridgehead atoms. The number of benzene rings is 1. The van der Waals surface area contributed by atoms with Crippen LogP contribution in [0.25, 0.3) is 0 Å². The van der Waals surface area contributed by atoms with Crippen molar-refractivity contribution >= 4 is 5.78 Å². The molecule has 0 aromatic heterocycles. The second kappa shape index (κ2) is 4.64. The van der Waals surface area contributed by atoms with Gasteiger partial charge in [-0.15, -0.1) is 0 Å². The maximum atomic E-state index is 11.2. The highest BCUT2D eigenvalue weighted by molar-refractivity contribution is 5.94. The Hall–Kier alpha value is -1.77. The van der Waals surface area contributed by atoms with Crippen LogP contribution in [-0.2, 0) is 11.2 Å². The third-order valence-corrected chi connectivity index (χ3v) is 2.18. The highest BCUT2D eigenvalue weighted by atomic mass is 16.3. The molecule has 3 nitrogen and oxygen atoms in total. The molecule has 0 fully saturated rings. The summed E-state index contributed by atoms with van der Waals surface area (Å²) >= 11 is 0. The summed E-state index contributed by atoms with van der Waals surface area (Å²) in [6.45, 7) is 2.92. The molecule has 0 unspecified atom stereocenters. The Labute approximate surface area is 88.7 Å². The molecule has 80 valence electrons. The molecule has 0 saturated carbocycles. The third-order valence-electron chi connectivity index (χ3n) is 2.18. The maximum Gasteiger partial charge on any atom is 0.159 e. The van der Waals surface area contributed by atoms with Gasteiger partial charge in [0.1, 0.15) is 5.75 Å². The lowest BCUT2D eigenvalue weighted by atomic mass is 10.0. The fraction of sp³-hybridized carbons (Fsp3) is 0.250. The Morgan fingerprint density at radius 2 is 1.73 bits per heavy atom. The van der Waals surface area contributed by atoms with E-state index in [0.717, 1.165) is 5.56 Å². The first kappa shape index (κ1) is 11.3. The quantitative estimate of drug-likeness (QED) is 0.589. The van der Waals surface area contributed by atoms with Crippen molar-refractivity contribution < 1.29 is 15.0 Å². The number of aliphatic hydroxyl groups excluding tert-OH is 1. The molecule has 0 atom stereocenters. The Bertz CT molecular complexity index is 384. The molecule has 0 aliphatic heterocycles. The molecule has 1 aromatic carbocycles. The lowest BCUT2D eigenvalue weighted by Crippen LogP contribution is -2.03. The van der Waals surface area contributed by atoms with E-state index >= 15 is 0 Å². The van der Waals surface area contributed by atoms with Crippen molar-refractivity contribution in [1.29, 1.82) is 0 Å². The molecule has 1 aromatic rings. The monoisotopic (exact) mass is 206 g/mol. The lowest BCUT2D eigenvalue weighted by Gasteiger charge is -2.05. The molecular weight excluding hydrogens is 192 g/mol. The SMILES string of the molecule is CC(=O)/C(Cc1ccc(O)cc1)=C(\C)O. The summed E-state index contributed by atoms with van der Waals surface area (Å²) in [6.07, 6.45) is 0.387. The minimum atomic E-state index is -0.136. The highest BCUT2D eigenvalue weighted by Crippen LogP contribution is 2.15. The van der Waals surface area contributed by atoms with E-state index in [1.807, 2.05) is 0 Å². The normalized spacial score (nSPS) is 12.1. The van der Waals surface area contributed by atoms with Gasteiger partial charge < -0.3 is 10.2 Å². The van der Waals surface area contributed by atoms with Crippen LogP contribution in [0.4, 0.5) is 0 Å². The number of carbonyl (C=O) groups excluding carboxylic acids is 1. The number of carbonyl (C=O) groups is 1. The van der Waals surface area contributed by atoms with Crippen molar-refractivity contribution in [1.82, 2.24) is 0 Å². The van der Waals surface area contributed by atoms with Gasteiger partial charge in [-0.25, -0.2) is 0 Å². The number of hydrogen-bond acceptors (Lipinski definition) is 3. The molecule has 0 heterocycles. The second-order valence-corrected chi connectivity index (χ2v) is 3.46. The number of aliphatic hydroxyl groups is 1. The molecule has 0 saturated heterocycles. The molecule has 3 heteroatoms. The predicted octanol–water partition coefficient (Wildman–Crippen LogP) is 2.36. The van der Waals surface area contributed by atoms with Crippen molar-refractivity contribution in [2.45, 2.75) is 20.3 Å². The number of Topliss-reactive ketones (excluding diaryl/α,β-unsaturated/α-hetero) is 1. The van der Waals surface area contributed by atoms with Crippen molar-refractivity contribution in [2.75, 3.05) is 0 Å². The molecule has 0 radical (unpaired) electrons. The largest absolute Gasteiger partial charge is 0.512 e. The van der Waals surface area contributed by atoms with E-state index in [1.54, 1.807) is 24.3 Å². The van der Waals surface area contributed by atoms with Crippen LogP contribution < -0.4 is 0 Å². The summed E-state index contributed by atoms with van der Waals surface area (Å²) in [5.41, 5.74) is 1.28. The van der Waals surface area contributed by atoms with Gasteiger partial charge in [0.15, 0.2) is 5.78 Å². The standard InChI is InChI=1S/C12H14O3/c1-8(13)12(9(2)14)7-10-3-5-11(15)6-4-10/h3-6,13,15H,7H2,1-2H3/b12-8+. The van der Waals surface area contributed by atoms with E-state index in [2.05, 4.69) is 0 Å². The van der Waals surface area contributed by atoms with Crippen LogP contribution in [0.15, 0.2) is 35.6 Å². The first-order chi connectivity index (χ1) is 7.00. The minimum absolute atomic E-state index is 0.0515. The molecule has 0 aliphatic rings. The molecule has 0 amide bonds. The number of aromatic hydroxyl groups is 1. The molecule has 15 heavy (non-hydrogen) atoms. The predicted molar refractivity (Wildman–Crippen MR) is 57.8 cm³/mol. The van der Waals surface area contributed by atoms with E-state index in [1.165, 1.54) is 13.8 Å². The van der Waals surface area contributed by atoms with Crippen molar-refractivity contribution in [3.63, 3.8) is 0 Å². The van der Waals surface area contributed by atoms with Gasteiger partial charge in [-0.1, -0.05) is 12.1 Å². The minimum Gasteiger partial charge on any atom is -0.512 e. The number of hydrogen-bond donors (Lipinski definition) is 2. The Morgan fingerprint density at radius 1 is 1.20 bits per heavy atom. The molecule has 1 rings (SSSR count). The van der Waals surface area contributed by atoms with Crippen LogP contribution in [0.5, 0.6) is 5.75 Å². The van der Waals surface area contributed by atoms with Gasteiger partial charge in [-0.3, -0.25) is 4.79 Å². The number of rotatable bonds is 3. The fourth-order valence-electron chi connectivity index (χ4n) is 1.33. The zero-order valence-corrected chi connectivity index (χ0v) is 8.82. The van der Waals surface area contributed by atoms with Gasteiger partial charge in [0.25, 0.3) is 0 Å². The number of phenols is 1. The van der Waals surface area contributed by atoms with E-state index in [4.69, 9.17) is 5.11 Å². The average molecular weight is 206 g/mol. The van der Waals surface area contributed by atoms with Crippen LogP contribution in [-0.4, -0.2) is 16.0 Å². The van der Waals surface area contributed by atoms with E-state index in [-0.39, 0.29) is 17.3 Å². The van der Waals surface area contributed by atoms with Crippen LogP contribution in [0, 0.1) is 0 Å². The van der Waals surface area contributed by atoms with Crippen LogP contribution in [0.1, 0.15) is 19.4 Å². The first-order valence-electron chi connectivity index (χ1n) is 4.68. The van der Waals surface area contributed by atoms with Gasteiger partial charge in [0, 0.05) is 12.0 Å². The number of ketones is 1. The maximum absolute atomic E-state index is 11.2. The summed E-state index contributed by atoms with van der Waals surface area (Å²) in [5.74, 6) is 0.103. The Balaban J connectivity index is 2.90. The number of phenolic OH excluding ortho intramolecular Hbond substituents is 1. The Kier molecular flexibility index (Phi) is 3.50. The topological polar surface area (TPSA) is 57.5 Å². The van der Waals surface area contributed by atoms with E-state index < -0.39 is 0 Å². The molecule has 0 aliphatic carbocycles. The van der Waals surface area contributed by atoms with Crippen LogP contribution in [0.2, 0.25) is 0 Å². The Morgan fingerprint density at radius 3 is 2.13 bits per heavy atom. The second-order valence-electron chi connectivity index (χ2n) is 3.46. The molecular formula is C12H14O3. The van der Waals surface area contributed by atoms with Gasteiger partial charge in [0.2, 0.25) is 0 Å². The van der Waals surface area contributed by atoms with Crippen molar-refractivity contribution in [3.8, 4) is 5.75 Å². The molecule has 0 spiro atoms. The zero-order valence-electron chi connectivity index (χ0n) is 8.82. The summed E-state index contributed by atoms with van der Waals surface area (Å²) in [4.78, 5) is 11.2. The number of allylic oxidation sites excluding steroid dienone is 2. The fourth-order valence-corrected chi connectivity index (χ4v) is 1.33. The molecule has 2 N–H and O–H groups in total. The first-order valence-corrected chi connectivity index (χ1v) is 4.68. The summed E-state index contributed by atoms with van der Waals surface area (Å²) in [5, 5.41) is 18.4. The van der Waals surface area contributed by atoms with Gasteiger partial charge >= 0.3 is 0 Å². The van der Waals surface area contributed by atoms with E-state index in [0.29, 0.717) is 12.0 Å². The summed E-state index contributed by atoms with van der Waals surface area (Å²) < 4.78 is 0. The van der Waals surface area contributed by atoms with Gasteiger partial charge in [0.05, 0.1) is 5.76 Å². The van der Waals surface area contributed by atoms with Crippen molar-refractivity contribution in [2.24, 2.45) is 0 Å². The van der Waals surface area contributed by atoms with Crippen LogP contribution >= 0.6 is 0 Å². The van der Waals surface area contributed by atoms with Gasteiger partial charge in [-0.2, -0.15) is 0 Å². The smallest absolute Gasteiger partial charge is 0.159 e. The summed E-state index contributed by atoms with van der Waals surface area (Å²) in [6, 6.07) is 6.56. The summed E-state index contributed by atoms with van der Waals surface area (Å²) in [7, 11) is 0. The third kappa shape index (κ3) is 3.13.